The molecule has 0 aliphatic carbocycles. The zero-order valence-corrected chi connectivity index (χ0v) is 12.9. The summed E-state index contributed by atoms with van der Waals surface area (Å²) >= 11 is 1.72. The maximum atomic E-state index is 9.30. The SMILES string of the molecule is CC(O)CCN(C)Cc1csc(Cc2ccccc2)n1. The van der Waals surface area contributed by atoms with Crippen LogP contribution >= 0.6 is 11.3 Å². The average molecular weight is 290 g/mol. The molecule has 0 amide bonds. The lowest BCUT2D eigenvalue weighted by Gasteiger charge is -2.15. The van der Waals surface area contributed by atoms with Crippen LogP contribution in [-0.4, -0.2) is 34.7 Å². The quantitative estimate of drug-likeness (QED) is 0.852. The number of hydrogen-bond acceptors (Lipinski definition) is 4. The van der Waals surface area contributed by atoms with Crippen molar-refractivity contribution >= 4 is 11.3 Å². The summed E-state index contributed by atoms with van der Waals surface area (Å²) in [5.41, 5.74) is 2.42. The maximum Gasteiger partial charge on any atom is 0.0972 e. The molecule has 108 valence electrons. The summed E-state index contributed by atoms with van der Waals surface area (Å²) in [5, 5.41) is 12.6. The second-order valence-electron chi connectivity index (χ2n) is 5.27. The van der Waals surface area contributed by atoms with Crippen molar-refractivity contribution in [2.24, 2.45) is 0 Å². The first-order valence-corrected chi connectivity index (χ1v) is 7.85. The molecule has 1 aromatic carbocycles. The first-order chi connectivity index (χ1) is 9.63. The molecule has 0 bridgehead atoms. The molecule has 0 saturated carbocycles. The minimum absolute atomic E-state index is 0.235. The molecular weight excluding hydrogens is 268 g/mol. The van der Waals surface area contributed by atoms with Gasteiger partial charge >= 0.3 is 0 Å². The molecular formula is C16H22N2OS. The summed E-state index contributed by atoms with van der Waals surface area (Å²) in [6.07, 6.45) is 1.47. The van der Waals surface area contributed by atoms with E-state index >= 15 is 0 Å². The molecule has 20 heavy (non-hydrogen) atoms. The van der Waals surface area contributed by atoms with Crippen molar-refractivity contribution in [3.63, 3.8) is 0 Å². The fourth-order valence-corrected chi connectivity index (χ4v) is 2.86. The molecule has 1 N–H and O–H groups in total. The fourth-order valence-electron chi connectivity index (χ4n) is 2.04. The predicted molar refractivity (Wildman–Crippen MR) is 84.0 cm³/mol. The molecule has 0 spiro atoms. The van der Waals surface area contributed by atoms with Gasteiger partial charge in [0.05, 0.1) is 16.8 Å². The van der Waals surface area contributed by atoms with Crippen molar-refractivity contribution in [3.8, 4) is 0 Å². The first-order valence-electron chi connectivity index (χ1n) is 6.97. The summed E-state index contributed by atoms with van der Waals surface area (Å²) in [4.78, 5) is 6.89. The second kappa shape index (κ2) is 7.53. The van der Waals surface area contributed by atoms with E-state index in [4.69, 9.17) is 0 Å². The standard InChI is InChI=1S/C16H22N2OS/c1-13(19)8-9-18(2)11-15-12-20-16(17-15)10-14-6-4-3-5-7-14/h3-7,12-13,19H,8-11H2,1-2H3. The van der Waals surface area contributed by atoms with E-state index < -0.39 is 0 Å². The molecule has 4 heteroatoms. The van der Waals surface area contributed by atoms with Crippen LogP contribution in [0.5, 0.6) is 0 Å². The van der Waals surface area contributed by atoms with Gasteiger partial charge in [0.15, 0.2) is 0 Å². The van der Waals surface area contributed by atoms with Gasteiger partial charge in [-0.2, -0.15) is 0 Å². The van der Waals surface area contributed by atoms with Gasteiger partial charge in [0.2, 0.25) is 0 Å². The van der Waals surface area contributed by atoms with Gasteiger partial charge in [0, 0.05) is 24.9 Å². The van der Waals surface area contributed by atoms with Crippen LogP contribution in [0.1, 0.15) is 29.6 Å². The monoisotopic (exact) mass is 290 g/mol. The molecule has 1 atom stereocenters. The Morgan fingerprint density at radius 1 is 1.30 bits per heavy atom. The van der Waals surface area contributed by atoms with Gasteiger partial charge in [-0.05, 0) is 26.0 Å². The normalized spacial score (nSPS) is 12.8. The van der Waals surface area contributed by atoms with Crippen LogP contribution in [0.2, 0.25) is 0 Å². The maximum absolute atomic E-state index is 9.30. The van der Waals surface area contributed by atoms with Gasteiger partial charge in [-0.15, -0.1) is 11.3 Å². The fraction of sp³-hybridized carbons (Fsp3) is 0.438. The van der Waals surface area contributed by atoms with Crippen LogP contribution in [0.4, 0.5) is 0 Å². The van der Waals surface area contributed by atoms with Crippen LogP contribution in [0, 0.1) is 0 Å². The van der Waals surface area contributed by atoms with Crippen LogP contribution in [0.3, 0.4) is 0 Å². The van der Waals surface area contributed by atoms with E-state index in [9.17, 15) is 5.11 Å². The highest BCUT2D eigenvalue weighted by Gasteiger charge is 2.07. The van der Waals surface area contributed by atoms with Gasteiger partial charge in [-0.3, -0.25) is 0 Å². The molecule has 1 heterocycles. The van der Waals surface area contributed by atoms with Crippen molar-refractivity contribution in [3.05, 3.63) is 52.0 Å². The largest absolute Gasteiger partial charge is 0.393 e. The molecule has 2 aromatic rings. The van der Waals surface area contributed by atoms with Crippen molar-refractivity contribution in [2.75, 3.05) is 13.6 Å². The van der Waals surface area contributed by atoms with E-state index in [1.807, 2.05) is 13.0 Å². The summed E-state index contributed by atoms with van der Waals surface area (Å²) < 4.78 is 0. The van der Waals surface area contributed by atoms with Crippen molar-refractivity contribution in [2.45, 2.75) is 32.4 Å². The van der Waals surface area contributed by atoms with Crippen molar-refractivity contribution < 1.29 is 5.11 Å². The van der Waals surface area contributed by atoms with E-state index in [2.05, 4.69) is 46.6 Å². The zero-order chi connectivity index (χ0) is 14.4. The minimum Gasteiger partial charge on any atom is -0.393 e. The summed E-state index contributed by atoms with van der Waals surface area (Å²) in [6.45, 7) is 3.57. The number of aliphatic hydroxyl groups is 1. The molecule has 1 unspecified atom stereocenters. The number of rotatable bonds is 7. The Labute approximate surface area is 124 Å². The summed E-state index contributed by atoms with van der Waals surface area (Å²) in [7, 11) is 2.07. The smallest absolute Gasteiger partial charge is 0.0972 e. The average Bonchev–Trinajstić information content (AvgIpc) is 2.85. The van der Waals surface area contributed by atoms with Gasteiger partial charge in [-0.1, -0.05) is 30.3 Å². The lowest BCUT2D eigenvalue weighted by atomic mass is 10.2. The molecule has 1 aromatic heterocycles. The van der Waals surface area contributed by atoms with Gasteiger partial charge in [0.1, 0.15) is 0 Å². The number of aliphatic hydroxyl groups excluding tert-OH is 1. The molecule has 0 aliphatic heterocycles. The molecule has 2 rings (SSSR count). The summed E-state index contributed by atoms with van der Waals surface area (Å²) in [6, 6.07) is 10.4. The van der Waals surface area contributed by atoms with E-state index in [-0.39, 0.29) is 6.10 Å². The summed E-state index contributed by atoms with van der Waals surface area (Å²) in [5.74, 6) is 0. The Morgan fingerprint density at radius 2 is 2.05 bits per heavy atom. The number of nitrogens with zero attached hydrogens (tertiary/aromatic N) is 2. The Morgan fingerprint density at radius 3 is 2.75 bits per heavy atom. The zero-order valence-electron chi connectivity index (χ0n) is 12.1. The third-order valence-corrected chi connectivity index (χ3v) is 4.06. The Kier molecular flexibility index (Phi) is 5.71. The highest BCUT2D eigenvalue weighted by molar-refractivity contribution is 7.09. The number of benzene rings is 1. The Bertz CT molecular complexity index is 510. The van der Waals surface area contributed by atoms with E-state index in [0.717, 1.165) is 36.6 Å². The minimum atomic E-state index is -0.235. The predicted octanol–water partition coefficient (Wildman–Crippen LogP) is 2.94. The molecule has 0 saturated heterocycles. The van der Waals surface area contributed by atoms with E-state index in [1.54, 1.807) is 11.3 Å². The first kappa shape index (κ1) is 15.2. The lowest BCUT2D eigenvalue weighted by molar-refractivity contribution is 0.162. The van der Waals surface area contributed by atoms with Crippen LogP contribution in [-0.2, 0) is 13.0 Å². The van der Waals surface area contributed by atoms with Crippen LogP contribution in [0.25, 0.3) is 0 Å². The number of thiazole rings is 1. The van der Waals surface area contributed by atoms with Gasteiger partial charge in [-0.25, -0.2) is 4.98 Å². The molecule has 0 radical (unpaired) electrons. The molecule has 0 aliphatic rings. The van der Waals surface area contributed by atoms with Crippen molar-refractivity contribution in [1.82, 2.24) is 9.88 Å². The van der Waals surface area contributed by atoms with Gasteiger partial charge < -0.3 is 10.0 Å². The van der Waals surface area contributed by atoms with Crippen molar-refractivity contribution in [1.29, 1.82) is 0 Å². The third-order valence-electron chi connectivity index (χ3n) is 3.16. The lowest BCUT2D eigenvalue weighted by Crippen LogP contribution is -2.22. The topological polar surface area (TPSA) is 36.4 Å². The molecule has 3 nitrogen and oxygen atoms in total. The Balaban J connectivity index is 1.86. The third kappa shape index (κ3) is 5.04. The molecule has 0 fully saturated rings. The van der Waals surface area contributed by atoms with Gasteiger partial charge in [0.25, 0.3) is 0 Å². The number of hydrogen-bond donors (Lipinski definition) is 1. The highest BCUT2D eigenvalue weighted by atomic mass is 32.1. The van der Waals surface area contributed by atoms with E-state index in [0.29, 0.717) is 0 Å². The van der Waals surface area contributed by atoms with Crippen LogP contribution in [0.15, 0.2) is 35.7 Å². The number of aromatic nitrogens is 1. The Hall–Kier alpha value is -1.23. The van der Waals surface area contributed by atoms with Crippen LogP contribution < -0.4 is 0 Å². The highest BCUT2D eigenvalue weighted by Crippen LogP contribution is 2.15. The second-order valence-corrected chi connectivity index (χ2v) is 6.21. The van der Waals surface area contributed by atoms with E-state index in [1.165, 1.54) is 5.56 Å².